The molecule has 86 valence electrons. The minimum absolute atomic E-state index is 0.0300. The van der Waals surface area contributed by atoms with Crippen LogP contribution in [0.3, 0.4) is 0 Å². The Hall–Kier alpha value is -2.08. The lowest BCUT2D eigenvalue weighted by atomic mass is 10.3. The van der Waals surface area contributed by atoms with Crippen LogP contribution in [0, 0.1) is 0 Å². The third-order valence-corrected chi connectivity index (χ3v) is 2.92. The van der Waals surface area contributed by atoms with Crippen LogP contribution < -0.4 is 5.73 Å². The third kappa shape index (κ3) is 2.73. The molecule has 17 heavy (non-hydrogen) atoms. The number of hydrogen-bond acceptors (Lipinski definition) is 5. The molecule has 2 heterocycles. The third-order valence-electron chi connectivity index (χ3n) is 1.95. The lowest BCUT2D eigenvalue weighted by molar-refractivity contribution is 0.0690. The SMILES string of the molecule is Nc1ccc(C(=O)O)nc1Sc1ccccn1. The first kappa shape index (κ1) is 11.4. The minimum atomic E-state index is -1.08. The molecular weight excluding hydrogens is 238 g/mol. The first-order valence-electron chi connectivity index (χ1n) is 4.75. The Kier molecular flexibility index (Phi) is 3.24. The van der Waals surface area contributed by atoms with Crippen molar-refractivity contribution in [2.45, 2.75) is 10.1 Å². The van der Waals surface area contributed by atoms with E-state index < -0.39 is 5.97 Å². The van der Waals surface area contributed by atoms with Crippen LogP contribution in [0.5, 0.6) is 0 Å². The fourth-order valence-electron chi connectivity index (χ4n) is 1.16. The normalized spacial score (nSPS) is 10.1. The molecule has 0 amide bonds. The molecule has 0 radical (unpaired) electrons. The van der Waals surface area contributed by atoms with Crippen molar-refractivity contribution in [2.75, 3.05) is 5.73 Å². The van der Waals surface area contributed by atoms with Gasteiger partial charge in [0.05, 0.1) is 5.69 Å². The Morgan fingerprint density at radius 3 is 2.76 bits per heavy atom. The second-order valence-electron chi connectivity index (χ2n) is 3.17. The number of aromatic carboxylic acids is 1. The van der Waals surface area contributed by atoms with Gasteiger partial charge >= 0.3 is 5.97 Å². The van der Waals surface area contributed by atoms with Gasteiger partial charge in [0.1, 0.15) is 15.7 Å². The van der Waals surface area contributed by atoms with E-state index in [4.69, 9.17) is 10.8 Å². The van der Waals surface area contributed by atoms with Gasteiger partial charge < -0.3 is 10.8 Å². The van der Waals surface area contributed by atoms with Gasteiger partial charge in [-0.05, 0) is 36.0 Å². The molecule has 5 nitrogen and oxygen atoms in total. The van der Waals surface area contributed by atoms with Gasteiger partial charge in [0.2, 0.25) is 0 Å². The number of anilines is 1. The van der Waals surface area contributed by atoms with E-state index in [1.807, 2.05) is 6.07 Å². The summed E-state index contributed by atoms with van der Waals surface area (Å²) in [6.45, 7) is 0. The lowest BCUT2D eigenvalue weighted by Gasteiger charge is -2.04. The predicted molar refractivity (Wildman–Crippen MR) is 64.0 cm³/mol. The van der Waals surface area contributed by atoms with Gasteiger partial charge in [-0.3, -0.25) is 0 Å². The summed E-state index contributed by atoms with van der Waals surface area (Å²) in [5.74, 6) is -1.08. The summed E-state index contributed by atoms with van der Waals surface area (Å²) < 4.78 is 0. The van der Waals surface area contributed by atoms with E-state index in [1.54, 1.807) is 18.3 Å². The van der Waals surface area contributed by atoms with Crippen LogP contribution in [-0.4, -0.2) is 21.0 Å². The topological polar surface area (TPSA) is 89.1 Å². The van der Waals surface area contributed by atoms with Crippen molar-refractivity contribution in [3.8, 4) is 0 Å². The number of rotatable bonds is 3. The van der Waals surface area contributed by atoms with E-state index >= 15 is 0 Å². The molecule has 0 aliphatic carbocycles. The maximum Gasteiger partial charge on any atom is 0.354 e. The number of carboxylic acid groups (broad SMARTS) is 1. The van der Waals surface area contributed by atoms with Crippen molar-refractivity contribution in [2.24, 2.45) is 0 Å². The average Bonchev–Trinajstić information content (AvgIpc) is 2.33. The van der Waals surface area contributed by atoms with E-state index in [0.717, 1.165) is 0 Å². The Morgan fingerprint density at radius 2 is 2.12 bits per heavy atom. The largest absolute Gasteiger partial charge is 0.477 e. The smallest absolute Gasteiger partial charge is 0.354 e. The van der Waals surface area contributed by atoms with Gasteiger partial charge in [0.25, 0.3) is 0 Å². The van der Waals surface area contributed by atoms with Crippen LogP contribution in [0.4, 0.5) is 5.69 Å². The highest BCUT2D eigenvalue weighted by Crippen LogP contribution is 2.28. The summed E-state index contributed by atoms with van der Waals surface area (Å²) in [5.41, 5.74) is 6.14. The van der Waals surface area contributed by atoms with E-state index in [9.17, 15) is 4.79 Å². The Bertz CT molecular complexity index is 546. The second kappa shape index (κ2) is 4.84. The molecule has 3 N–H and O–H groups in total. The van der Waals surface area contributed by atoms with Crippen LogP contribution in [0.25, 0.3) is 0 Å². The fourth-order valence-corrected chi connectivity index (χ4v) is 1.95. The minimum Gasteiger partial charge on any atom is -0.477 e. The highest BCUT2D eigenvalue weighted by molar-refractivity contribution is 7.99. The Balaban J connectivity index is 2.32. The van der Waals surface area contributed by atoms with Crippen molar-refractivity contribution in [1.82, 2.24) is 9.97 Å². The molecule has 0 aromatic carbocycles. The summed E-state index contributed by atoms with van der Waals surface area (Å²) in [4.78, 5) is 18.9. The maximum absolute atomic E-state index is 10.8. The van der Waals surface area contributed by atoms with Crippen molar-refractivity contribution in [1.29, 1.82) is 0 Å². The van der Waals surface area contributed by atoms with Crippen molar-refractivity contribution in [3.05, 3.63) is 42.2 Å². The summed E-state index contributed by atoms with van der Waals surface area (Å²) in [5, 5.41) is 10.0. The van der Waals surface area contributed by atoms with Crippen molar-refractivity contribution < 1.29 is 9.90 Å². The quantitative estimate of drug-likeness (QED) is 0.861. The molecule has 0 spiro atoms. The Labute approximate surface area is 102 Å². The number of nitrogens with two attached hydrogens (primary N) is 1. The van der Waals surface area contributed by atoms with Gasteiger partial charge in [-0.2, -0.15) is 0 Å². The van der Waals surface area contributed by atoms with E-state index in [-0.39, 0.29) is 5.69 Å². The van der Waals surface area contributed by atoms with Crippen molar-refractivity contribution >= 4 is 23.4 Å². The van der Waals surface area contributed by atoms with Crippen LogP contribution in [0.15, 0.2) is 46.6 Å². The number of carboxylic acids is 1. The molecule has 0 aliphatic heterocycles. The predicted octanol–water partition coefficient (Wildman–Crippen LogP) is 1.91. The van der Waals surface area contributed by atoms with Gasteiger partial charge in [0.15, 0.2) is 0 Å². The molecule has 2 rings (SSSR count). The monoisotopic (exact) mass is 247 g/mol. The summed E-state index contributed by atoms with van der Waals surface area (Å²) in [6.07, 6.45) is 1.65. The number of carbonyl (C=O) groups is 1. The zero-order valence-electron chi connectivity index (χ0n) is 8.70. The van der Waals surface area contributed by atoms with Crippen LogP contribution in [0.1, 0.15) is 10.5 Å². The summed E-state index contributed by atoms with van der Waals surface area (Å²) in [6, 6.07) is 8.35. The van der Waals surface area contributed by atoms with E-state index in [1.165, 1.54) is 23.9 Å². The average molecular weight is 247 g/mol. The first-order valence-corrected chi connectivity index (χ1v) is 5.57. The van der Waals surface area contributed by atoms with Gasteiger partial charge in [-0.25, -0.2) is 14.8 Å². The molecule has 2 aromatic heterocycles. The van der Waals surface area contributed by atoms with Crippen LogP contribution in [0.2, 0.25) is 0 Å². The molecule has 0 aliphatic rings. The van der Waals surface area contributed by atoms with Gasteiger partial charge in [-0.1, -0.05) is 6.07 Å². The Morgan fingerprint density at radius 1 is 1.29 bits per heavy atom. The summed E-state index contributed by atoms with van der Waals surface area (Å²) in [7, 11) is 0. The highest BCUT2D eigenvalue weighted by Gasteiger charge is 2.10. The molecule has 0 atom stereocenters. The lowest BCUT2D eigenvalue weighted by Crippen LogP contribution is -2.02. The molecule has 6 heteroatoms. The van der Waals surface area contributed by atoms with Crippen molar-refractivity contribution in [3.63, 3.8) is 0 Å². The molecule has 0 bridgehead atoms. The molecule has 0 fully saturated rings. The van der Waals surface area contributed by atoms with E-state index in [0.29, 0.717) is 15.7 Å². The number of pyridine rings is 2. The molecule has 2 aromatic rings. The zero-order chi connectivity index (χ0) is 12.3. The number of aromatic nitrogens is 2. The number of nitrogen functional groups attached to an aromatic ring is 1. The fraction of sp³-hybridized carbons (Fsp3) is 0. The standard InChI is InChI=1S/C11H9N3O2S/c12-7-4-5-8(11(15)16)14-10(7)17-9-3-1-2-6-13-9/h1-6H,12H2,(H,15,16). The van der Waals surface area contributed by atoms with Gasteiger partial charge in [-0.15, -0.1) is 0 Å². The van der Waals surface area contributed by atoms with E-state index in [2.05, 4.69) is 9.97 Å². The zero-order valence-corrected chi connectivity index (χ0v) is 9.52. The van der Waals surface area contributed by atoms with Gasteiger partial charge in [0, 0.05) is 6.20 Å². The van der Waals surface area contributed by atoms with Crippen LogP contribution in [-0.2, 0) is 0 Å². The first-order chi connectivity index (χ1) is 8.16. The molecule has 0 saturated heterocycles. The number of hydrogen-bond donors (Lipinski definition) is 2. The highest BCUT2D eigenvalue weighted by atomic mass is 32.2. The molecule has 0 saturated carbocycles. The number of nitrogens with zero attached hydrogens (tertiary/aromatic N) is 2. The second-order valence-corrected chi connectivity index (χ2v) is 4.18. The van der Waals surface area contributed by atoms with Crippen LogP contribution >= 0.6 is 11.8 Å². The maximum atomic E-state index is 10.8. The summed E-state index contributed by atoms with van der Waals surface area (Å²) >= 11 is 1.24. The molecule has 0 unspecified atom stereocenters. The molecular formula is C11H9N3O2S.